The second kappa shape index (κ2) is 13.6. The number of carbonyl (C=O) groups is 1. The molecule has 2 N–H and O–H groups in total. The Balaban J connectivity index is 2.01. The van der Waals surface area contributed by atoms with E-state index < -0.39 is 0 Å². The van der Waals surface area contributed by atoms with E-state index in [-0.39, 0.29) is 23.0 Å². The summed E-state index contributed by atoms with van der Waals surface area (Å²) >= 11 is 0. The SMILES string of the molecule is CCCCCCCCCCCCCCCC(=O)NC1CC(C)(C)N(O)C(C)(C)C1. The van der Waals surface area contributed by atoms with Crippen LogP contribution in [0.5, 0.6) is 0 Å². The summed E-state index contributed by atoms with van der Waals surface area (Å²) in [6, 6.07) is 0.151. The molecule has 4 nitrogen and oxygen atoms in total. The molecule has 172 valence electrons. The maximum atomic E-state index is 12.3. The molecule has 0 aliphatic carbocycles. The van der Waals surface area contributed by atoms with E-state index >= 15 is 0 Å². The van der Waals surface area contributed by atoms with E-state index in [1.807, 2.05) is 27.7 Å². The normalized spacial score (nSPS) is 19.4. The second-order valence-electron chi connectivity index (χ2n) is 10.6. The van der Waals surface area contributed by atoms with Gasteiger partial charge in [0.1, 0.15) is 0 Å². The van der Waals surface area contributed by atoms with Gasteiger partial charge < -0.3 is 10.5 Å². The van der Waals surface area contributed by atoms with Crippen LogP contribution in [0.15, 0.2) is 0 Å². The molecule has 0 saturated carbocycles. The van der Waals surface area contributed by atoms with Crippen molar-refractivity contribution < 1.29 is 10.0 Å². The molecule has 1 amide bonds. The molecule has 1 aliphatic rings. The summed E-state index contributed by atoms with van der Waals surface area (Å²) in [6.45, 7) is 10.4. The molecule has 1 rings (SSSR count). The quantitative estimate of drug-likeness (QED) is 0.286. The summed E-state index contributed by atoms with van der Waals surface area (Å²) in [6.07, 6.45) is 19.5. The minimum atomic E-state index is -0.310. The Morgan fingerprint density at radius 2 is 1.17 bits per heavy atom. The fourth-order valence-corrected chi connectivity index (χ4v) is 4.98. The minimum Gasteiger partial charge on any atom is -0.353 e. The summed E-state index contributed by atoms with van der Waals surface area (Å²) < 4.78 is 0. The highest BCUT2D eigenvalue weighted by molar-refractivity contribution is 5.76. The van der Waals surface area contributed by atoms with E-state index in [2.05, 4.69) is 12.2 Å². The van der Waals surface area contributed by atoms with Crippen LogP contribution >= 0.6 is 0 Å². The topological polar surface area (TPSA) is 52.6 Å². The van der Waals surface area contributed by atoms with Gasteiger partial charge in [-0.25, -0.2) is 0 Å². The van der Waals surface area contributed by atoms with E-state index in [9.17, 15) is 10.0 Å². The van der Waals surface area contributed by atoms with Crippen molar-refractivity contribution in [1.82, 2.24) is 10.4 Å². The molecule has 0 bridgehead atoms. The molecule has 29 heavy (non-hydrogen) atoms. The van der Waals surface area contributed by atoms with Gasteiger partial charge in [-0.15, -0.1) is 0 Å². The number of amides is 1. The Hall–Kier alpha value is -0.610. The molecule has 0 radical (unpaired) electrons. The number of rotatable bonds is 15. The van der Waals surface area contributed by atoms with Crippen molar-refractivity contribution in [2.24, 2.45) is 0 Å². The van der Waals surface area contributed by atoms with Crippen LogP contribution in [0.1, 0.15) is 137 Å². The molecule has 4 heteroatoms. The lowest BCUT2D eigenvalue weighted by Crippen LogP contribution is -2.62. The zero-order valence-electron chi connectivity index (χ0n) is 20.2. The number of hydroxylamine groups is 2. The molecule has 1 saturated heterocycles. The van der Waals surface area contributed by atoms with Gasteiger partial charge in [-0.1, -0.05) is 84.0 Å². The first-order valence-electron chi connectivity index (χ1n) is 12.5. The van der Waals surface area contributed by atoms with Crippen molar-refractivity contribution in [1.29, 1.82) is 0 Å². The summed E-state index contributed by atoms with van der Waals surface area (Å²) in [5, 5.41) is 15.1. The Morgan fingerprint density at radius 3 is 1.59 bits per heavy atom. The first-order valence-corrected chi connectivity index (χ1v) is 12.5. The molecule has 0 spiro atoms. The number of carbonyl (C=O) groups excluding carboxylic acids is 1. The molecule has 0 aromatic carbocycles. The predicted molar refractivity (Wildman–Crippen MR) is 123 cm³/mol. The van der Waals surface area contributed by atoms with Gasteiger partial charge in [0, 0.05) is 23.5 Å². The molecule has 0 unspecified atom stereocenters. The maximum absolute atomic E-state index is 12.3. The van der Waals surface area contributed by atoms with Crippen LogP contribution in [0.2, 0.25) is 0 Å². The van der Waals surface area contributed by atoms with Gasteiger partial charge in [-0.2, -0.15) is 5.06 Å². The van der Waals surface area contributed by atoms with Crippen LogP contribution in [-0.4, -0.2) is 33.3 Å². The smallest absolute Gasteiger partial charge is 0.220 e. The molecule has 0 aromatic heterocycles. The van der Waals surface area contributed by atoms with Gasteiger partial charge in [0.25, 0.3) is 0 Å². The molecule has 0 aromatic rings. The third-order valence-corrected chi connectivity index (χ3v) is 6.51. The van der Waals surface area contributed by atoms with Crippen molar-refractivity contribution in [2.75, 3.05) is 0 Å². The van der Waals surface area contributed by atoms with Gasteiger partial charge in [0.05, 0.1) is 0 Å². The number of hydrogen-bond donors (Lipinski definition) is 2. The van der Waals surface area contributed by atoms with Crippen molar-refractivity contribution in [3.05, 3.63) is 0 Å². The minimum absolute atomic E-state index is 0.151. The fraction of sp³-hybridized carbons (Fsp3) is 0.960. The summed E-state index contributed by atoms with van der Waals surface area (Å²) in [5.74, 6) is 0.177. The molecule has 1 heterocycles. The van der Waals surface area contributed by atoms with Gasteiger partial charge in [-0.05, 0) is 47.0 Å². The van der Waals surface area contributed by atoms with E-state index in [1.165, 1.54) is 75.7 Å². The van der Waals surface area contributed by atoms with Crippen molar-refractivity contribution >= 4 is 5.91 Å². The van der Waals surface area contributed by atoms with Crippen LogP contribution < -0.4 is 5.32 Å². The van der Waals surface area contributed by atoms with E-state index in [4.69, 9.17) is 0 Å². The second-order valence-corrected chi connectivity index (χ2v) is 10.6. The van der Waals surface area contributed by atoms with Crippen LogP contribution in [0.25, 0.3) is 0 Å². The Morgan fingerprint density at radius 1 is 0.793 bits per heavy atom. The van der Waals surface area contributed by atoms with Gasteiger partial charge >= 0.3 is 0 Å². The third-order valence-electron chi connectivity index (χ3n) is 6.51. The average Bonchev–Trinajstić information content (AvgIpc) is 2.63. The molecule has 1 aliphatic heterocycles. The van der Waals surface area contributed by atoms with Crippen LogP contribution in [0.3, 0.4) is 0 Å². The highest BCUT2D eigenvalue weighted by Crippen LogP contribution is 2.36. The third kappa shape index (κ3) is 10.8. The Bertz CT molecular complexity index is 430. The standard InChI is InChI=1S/C25H50N2O2/c1-6-7-8-9-10-11-12-13-14-15-16-17-18-19-23(28)26-22-20-24(2,3)27(29)25(4,5)21-22/h22,29H,6-21H2,1-5H3,(H,26,28). The lowest BCUT2D eigenvalue weighted by atomic mass is 9.79. The Kier molecular flexibility index (Phi) is 12.4. The molecule has 1 fully saturated rings. The van der Waals surface area contributed by atoms with Crippen LogP contribution in [0, 0.1) is 0 Å². The first-order chi connectivity index (χ1) is 13.7. The number of hydrogen-bond acceptors (Lipinski definition) is 3. The van der Waals surface area contributed by atoms with Crippen LogP contribution in [0.4, 0.5) is 0 Å². The summed E-state index contributed by atoms with van der Waals surface area (Å²) in [7, 11) is 0. The number of nitrogens with zero attached hydrogens (tertiary/aromatic N) is 1. The highest BCUT2D eigenvalue weighted by Gasteiger charge is 2.45. The number of unbranched alkanes of at least 4 members (excludes halogenated alkanes) is 12. The monoisotopic (exact) mass is 410 g/mol. The first kappa shape index (κ1) is 26.4. The zero-order chi connectivity index (χ0) is 21.8. The lowest BCUT2D eigenvalue weighted by molar-refractivity contribution is -0.246. The summed E-state index contributed by atoms with van der Waals surface area (Å²) in [5.41, 5.74) is -0.621. The number of nitrogens with one attached hydrogen (secondary N) is 1. The van der Waals surface area contributed by atoms with Crippen molar-refractivity contribution in [3.63, 3.8) is 0 Å². The maximum Gasteiger partial charge on any atom is 0.220 e. The zero-order valence-corrected chi connectivity index (χ0v) is 20.2. The van der Waals surface area contributed by atoms with E-state index in [0.717, 1.165) is 25.7 Å². The summed E-state index contributed by atoms with van der Waals surface area (Å²) in [4.78, 5) is 12.3. The predicted octanol–water partition coefficient (Wildman–Crippen LogP) is 6.99. The lowest BCUT2D eigenvalue weighted by Gasteiger charge is -2.51. The van der Waals surface area contributed by atoms with Gasteiger partial charge in [0.15, 0.2) is 0 Å². The number of piperidine rings is 1. The highest BCUT2D eigenvalue weighted by atomic mass is 16.5. The van der Waals surface area contributed by atoms with Crippen molar-refractivity contribution in [3.8, 4) is 0 Å². The Labute approximate surface area is 181 Å². The van der Waals surface area contributed by atoms with Gasteiger partial charge in [0.2, 0.25) is 5.91 Å². The van der Waals surface area contributed by atoms with Crippen molar-refractivity contribution in [2.45, 2.75) is 154 Å². The molecular weight excluding hydrogens is 360 g/mol. The molecular formula is C25H50N2O2. The molecule has 0 atom stereocenters. The van der Waals surface area contributed by atoms with E-state index in [1.54, 1.807) is 0 Å². The fourth-order valence-electron chi connectivity index (χ4n) is 4.98. The average molecular weight is 411 g/mol. The van der Waals surface area contributed by atoms with E-state index in [0.29, 0.717) is 6.42 Å². The van der Waals surface area contributed by atoms with Crippen LogP contribution in [-0.2, 0) is 4.79 Å². The largest absolute Gasteiger partial charge is 0.353 e. The van der Waals surface area contributed by atoms with Gasteiger partial charge in [-0.3, -0.25) is 4.79 Å².